The number of ether oxygens (including phenoxy) is 1. The lowest BCUT2D eigenvalue weighted by molar-refractivity contribution is -0.151. The van der Waals surface area contributed by atoms with Gasteiger partial charge in [0.25, 0.3) is 5.91 Å². The third-order valence-corrected chi connectivity index (χ3v) is 6.24. The van der Waals surface area contributed by atoms with Crippen molar-refractivity contribution in [1.29, 1.82) is 0 Å². The lowest BCUT2D eigenvalue weighted by atomic mass is 10.0. The van der Waals surface area contributed by atoms with Crippen molar-refractivity contribution in [2.24, 2.45) is 5.73 Å². The van der Waals surface area contributed by atoms with Crippen molar-refractivity contribution < 1.29 is 38.6 Å². The Morgan fingerprint density at radius 2 is 1.91 bits per heavy atom. The molecule has 6 N–H and O–H groups in total. The normalized spacial score (nSPS) is 19.8. The van der Waals surface area contributed by atoms with Crippen molar-refractivity contribution in [3.05, 3.63) is 47.2 Å². The molecule has 0 saturated carbocycles. The van der Waals surface area contributed by atoms with Crippen LogP contribution >= 0.6 is 11.8 Å². The number of amides is 6. The topological polar surface area (TPSA) is 197 Å². The lowest BCUT2D eigenvalue weighted by Crippen LogP contribution is -2.71. The summed E-state index contributed by atoms with van der Waals surface area (Å²) in [7, 11) is 0. The van der Waals surface area contributed by atoms with Gasteiger partial charge in [0.1, 0.15) is 29.8 Å². The number of hydrogen-bond donors (Lipinski definition) is 5. The number of carbonyl (C=O) groups excluding carboxylic acids is 5. The maximum Gasteiger partial charge on any atom is 0.404 e. The van der Waals surface area contributed by atoms with Gasteiger partial charge in [0, 0.05) is 18.2 Å². The predicted molar refractivity (Wildman–Crippen MR) is 117 cm³/mol. The third kappa shape index (κ3) is 5.28. The molecule has 1 saturated heterocycles. The van der Waals surface area contributed by atoms with E-state index in [4.69, 9.17) is 5.73 Å². The van der Waals surface area contributed by atoms with Crippen LogP contribution in [0.2, 0.25) is 0 Å². The number of carboxylic acids is 1. The van der Waals surface area contributed by atoms with Crippen LogP contribution in [0.15, 0.2) is 41.6 Å². The summed E-state index contributed by atoms with van der Waals surface area (Å²) in [5.74, 6) is -3.31. The van der Waals surface area contributed by atoms with Crippen molar-refractivity contribution in [3.8, 4) is 0 Å². The van der Waals surface area contributed by atoms with Crippen LogP contribution in [-0.4, -0.2) is 69.6 Å². The first kappa shape index (κ1) is 24.6. The standard InChI is InChI=1S/C20H21N5O8S/c1-9(26)22-20(32)24-12(10-5-3-2-4-6-10)15(27)23-13-16(28)25-14(18(29)30)11(7-33-19(21)31)8-34-17(13)25/h2-6,12-13,17H,7-8H2,1H3,(H2,21,31)(H,23,27)(H,29,30)(H2,22,24,26,32)/t12?,13?,17-/m0/s1. The molecule has 0 aromatic heterocycles. The first-order valence-corrected chi connectivity index (χ1v) is 10.9. The number of primary amides is 1. The second kappa shape index (κ2) is 10.2. The van der Waals surface area contributed by atoms with Gasteiger partial charge in [0.2, 0.25) is 11.8 Å². The average Bonchev–Trinajstić information content (AvgIpc) is 2.78. The molecule has 180 valence electrons. The van der Waals surface area contributed by atoms with Crippen LogP contribution in [0.3, 0.4) is 0 Å². The van der Waals surface area contributed by atoms with Gasteiger partial charge in [-0.2, -0.15) is 0 Å². The molecule has 1 aromatic carbocycles. The highest BCUT2D eigenvalue weighted by molar-refractivity contribution is 8.00. The Kier molecular flexibility index (Phi) is 7.40. The minimum Gasteiger partial charge on any atom is -0.477 e. The summed E-state index contributed by atoms with van der Waals surface area (Å²) in [6.07, 6.45) is -1.09. The number of β-lactam (4-membered cyclic amide) rings is 1. The fourth-order valence-electron chi connectivity index (χ4n) is 3.46. The number of thioether (sulfide) groups is 1. The number of nitrogens with zero attached hydrogens (tertiary/aromatic N) is 1. The molecule has 3 rings (SSSR count). The number of imide groups is 1. The molecule has 2 unspecified atom stereocenters. The van der Waals surface area contributed by atoms with E-state index in [1.165, 1.54) is 11.8 Å². The molecule has 1 aromatic rings. The summed E-state index contributed by atoms with van der Waals surface area (Å²) in [6, 6.07) is 4.97. The number of carboxylic acid groups (broad SMARTS) is 1. The number of benzene rings is 1. The van der Waals surface area contributed by atoms with E-state index in [2.05, 4.69) is 15.4 Å². The molecule has 14 heteroatoms. The summed E-state index contributed by atoms with van der Waals surface area (Å²) in [5.41, 5.74) is 5.18. The maximum atomic E-state index is 13.0. The Bertz CT molecular complexity index is 1080. The lowest BCUT2D eigenvalue weighted by Gasteiger charge is -2.49. The van der Waals surface area contributed by atoms with Crippen LogP contribution in [0.1, 0.15) is 18.5 Å². The van der Waals surface area contributed by atoms with Gasteiger partial charge in [0.05, 0.1) is 0 Å². The Balaban J connectivity index is 1.77. The molecular weight excluding hydrogens is 470 g/mol. The second-order valence-corrected chi connectivity index (χ2v) is 8.36. The highest BCUT2D eigenvalue weighted by atomic mass is 32.2. The zero-order valence-electron chi connectivity index (χ0n) is 17.8. The molecule has 3 atom stereocenters. The van der Waals surface area contributed by atoms with E-state index >= 15 is 0 Å². The average molecular weight is 491 g/mol. The van der Waals surface area contributed by atoms with Crippen molar-refractivity contribution in [2.75, 3.05) is 12.4 Å². The minimum absolute atomic E-state index is 0.122. The first-order chi connectivity index (χ1) is 16.1. The van der Waals surface area contributed by atoms with Gasteiger partial charge in [-0.25, -0.2) is 14.4 Å². The number of nitrogens with one attached hydrogen (secondary N) is 3. The first-order valence-electron chi connectivity index (χ1n) is 9.85. The fourth-order valence-corrected chi connectivity index (χ4v) is 4.79. The Morgan fingerprint density at radius 3 is 2.50 bits per heavy atom. The van der Waals surface area contributed by atoms with Crippen molar-refractivity contribution in [1.82, 2.24) is 20.9 Å². The molecule has 13 nitrogen and oxygen atoms in total. The van der Waals surface area contributed by atoms with Crippen molar-refractivity contribution in [2.45, 2.75) is 24.4 Å². The van der Waals surface area contributed by atoms with E-state index in [1.54, 1.807) is 30.3 Å². The number of nitrogens with two attached hydrogens (primary N) is 1. The summed E-state index contributed by atoms with van der Waals surface area (Å²) >= 11 is 1.17. The third-order valence-electron chi connectivity index (χ3n) is 4.90. The van der Waals surface area contributed by atoms with Crippen molar-refractivity contribution in [3.63, 3.8) is 0 Å². The quantitative estimate of drug-likeness (QED) is 0.309. The molecule has 1 fully saturated rings. The van der Waals surface area contributed by atoms with E-state index in [9.17, 15) is 33.9 Å². The Labute approximate surface area is 197 Å². The highest BCUT2D eigenvalue weighted by Crippen LogP contribution is 2.40. The fraction of sp³-hybridized carbons (Fsp3) is 0.300. The Hall–Kier alpha value is -4.07. The van der Waals surface area contributed by atoms with Crippen LogP contribution in [0.5, 0.6) is 0 Å². The SMILES string of the molecule is CC(=O)NC(=O)NC(C(=O)NC1C(=O)N2C(C(=O)O)=C(COC(N)=O)CS[C@@H]12)c1ccccc1. The van der Waals surface area contributed by atoms with Gasteiger partial charge in [-0.05, 0) is 5.56 Å². The molecule has 0 radical (unpaired) electrons. The summed E-state index contributed by atoms with van der Waals surface area (Å²) in [4.78, 5) is 72.7. The van der Waals surface area contributed by atoms with Gasteiger partial charge in [0.15, 0.2) is 0 Å². The Morgan fingerprint density at radius 1 is 1.24 bits per heavy atom. The number of carbonyl (C=O) groups is 6. The van der Waals surface area contributed by atoms with Crippen LogP contribution in [0.4, 0.5) is 9.59 Å². The van der Waals surface area contributed by atoms with E-state index in [-0.39, 0.29) is 23.6 Å². The van der Waals surface area contributed by atoms with E-state index in [0.29, 0.717) is 5.56 Å². The van der Waals surface area contributed by atoms with E-state index in [1.807, 2.05) is 5.32 Å². The number of rotatable bonds is 7. The number of urea groups is 1. The van der Waals surface area contributed by atoms with Gasteiger partial charge in [-0.15, -0.1) is 11.8 Å². The molecule has 34 heavy (non-hydrogen) atoms. The summed E-state index contributed by atoms with van der Waals surface area (Å²) in [5, 5.41) is 15.8. The summed E-state index contributed by atoms with van der Waals surface area (Å²) in [6.45, 7) is 0.748. The zero-order valence-corrected chi connectivity index (χ0v) is 18.6. The van der Waals surface area contributed by atoms with Crippen molar-refractivity contribution >= 4 is 47.6 Å². The zero-order chi connectivity index (χ0) is 25.0. The summed E-state index contributed by atoms with van der Waals surface area (Å²) < 4.78 is 4.67. The highest BCUT2D eigenvalue weighted by Gasteiger charge is 2.54. The van der Waals surface area contributed by atoms with E-state index in [0.717, 1.165) is 11.8 Å². The van der Waals surface area contributed by atoms with Crippen LogP contribution in [0, 0.1) is 0 Å². The largest absolute Gasteiger partial charge is 0.477 e. The molecule has 0 spiro atoms. The monoisotopic (exact) mass is 491 g/mol. The molecule has 2 aliphatic heterocycles. The maximum absolute atomic E-state index is 13.0. The predicted octanol–water partition coefficient (Wildman–Crippen LogP) is -0.593. The molecule has 0 aliphatic carbocycles. The van der Waals surface area contributed by atoms with Crippen LogP contribution in [0.25, 0.3) is 0 Å². The molecular formula is C20H21N5O8S. The van der Waals surface area contributed by atoms with Crippen LogP contribution < -0.4 is 21.7 Å². The number of aliphatic carboxylic acids is 1. The molecule has 0 bridgehead atoms. The molecule has 6 amide bonds. The number of fused-ring (bicyclic) bond motifs is 1. The van der Waals surface area contributed by atoms with Crippen LogP contribution in [-0.2, 0) is 23.9 Å². The van der Waals surface area contributed by atoms with Gasteiger partial charge in [-0.3, -0.25) is 24.6 Å². The smallest absolute Gasteiger partial charge is 0.404 e. The van der Waals surface area contributed by atoms with Gasteiger partial charge in [-0.1, -0.05) is 30.3 Å². The second-order valence-electron chi connectivity index (χ2n) is 7.26. The minimum atomic E-state index is -1.39. The molecule has 2 aliphatic rings. The van der Waals surface area contributed by atoms with E-state index < -0.39 is 53.3 Å². The van der Waals surface area contributed by atoms with Gasteiger partial charge >= 0.3 is 18.1 Å². The molecule has 2 heterocycles. The number of hydrogen-bond acceptors (Lipinski definition) is 8. The van der Waals surface area contributed by atoms with Gasteiger partial charge < -0.3 is 26.2 Å².